The fourth-order valence-electron chi connectivity index (χ4n) is 2.00. The lowest BCUT2D eigenvalue weighted by Crippen LogP contribution is -2.26. The van der Waals surface area contributed by atoms with Gasteiger partial charge in [-0.1, -0.05) is 6.07 Å². The highest BCUT2D eigenvalue weighted by Crippen LogP contribution is 2.13. The minimum Gasteiger partial charge on any atom is -0.352 e. The van der Waals surface area contributed by atoms with Crippen LogP contribution in [-0.4, -0.2) is 32.4 Å². The Balaban J connectivity index is 1.72. The predicted molar refractivity (Wildman–Crippen MR) is 74.2 cm³/mol. The number of imidazole rings is 1. The summed E-state index contributed by atoms with van der Waals surface area (Å²) in [5.74, 6) is -0.143. The molecule has 0 aliphatic rings. The van der Waals surface area contributed by atoms with Crippen molar-refractivity contribution >= 4 is 16.9 Å². The van der Waals surface area contributed by atoms with E-state index in [9.17, 15) is 4.79 Å². The molecular weight excluding hydrogens is 254 g/mol. The number of benzene rings is 1. The van der Waals surface area contributed by atoms with Crippen LogP contribution in [0, 0.1) is 0 Å². The lowest BCUT2D eigenvalue weighted by atomic mass is 10.1. The summed E-state index contributed by atoms with van der Waals surface area (Å²) in [5, 5.41) is 2.87. The van der Waals surface area contributed by atoms with Crippen LogP contribution in [0.4, 0.5) is 0 Å². The molecule has 0 fully saturated rings. The smallest absolute Gasteiger partial charge is 0.253 e. The topological polar surface area (TPSA) is 83.6 Å². The first-order valence-corrected chi connectivity index (χ1v) is 6.30. The van der Waals surface area contributed by atoms with Gasteiger partial charge in [-0.3, -0.25) is 14.8 Å². The number of carbonyl (C=O) groups excluding carboxylic acids is 1. The first-order chi connectivity index (χ1) is 9.84. The van der Waals surface area contributed by atoms with Gasteiger partial charge in [0.2, 0.25) is 0 Å². The lowest BCUT2D eigenvalue weighted by Gasteiger charge is -2.06. The average molecular weight is 267 g/mol. The van der Waals surface area contributed by atoms with Crippen LogP contribution in [0.1, 0.15) is 16.1 Å². The molecule has 20 heavy (non-hydrogen) atoms. The summed E-state index contributed by atoms with van der Waals surface area (Å²) >= 11 is 0. The standard InChI is InChI=1S/C14H13N5O/c20-14(18-5-4-10-8-15-9-19-10)11-2-1-3-12-13(11)17-7-6-16-12/h1-3,6-9H,4-5H2,(H,15,19)(H,18,20). The Bertz CT molecular complexity index is 718. The third kappa shape index (κ3) is 2.49. The predicted octanol–water partition coefficient (Wildman–Crippen LogP) is 1.33. The summed E-state index contributed by atoms with van der Waals surface area (Å²) in [6.07, 6.45) is 7.28. The van der Waals surface area contributed by atoms with Crippen LogP contribution in [0.25, 0.3) is 11.0 Å². The number of carbonyl (C=O) groups is 1. The number of hydrogen-bond acceptors (Lipinski definition) is 4. The molecule has 6 heteroatoms. The molecule has 3 rings (SSSR count). The highest BCUT2D eigenvalue weighted by molar-refractivity contribution is 6.04. The number of nitrogens with zero attached hydrogens (tertiary/aromatic N) is 3. The highest BCUT2D eigenvalue weighted by atomic mass is 16.1. The van der Waals surface area contributed by atoms with E-state index in [-0.39, 0.29) is 5.91 Å². The van der Waals surface area contributed by atoms with Gasteiger partial charge in [0, 0.05) is 37.3 Å². The molecule has 0 spiro atoms. The first kappa shape index (κ1) is 12.3. The molecule has 0 atom stereocenters. The van der Waals surface area contributed by atoms with E-state index >= 15 is 0 Å². The van der Waals surface area contributed by atoms with E-state index in [1.54, 1.807) is 37.1 Å². The monoisotopic (exact) mass is 267 g/mol. The van der Waals surface area contributed by atoms with Gasteiger partial charge in [0.15, 0.2) is 0 Å². The molecule has 0 bridgehead atoms. The number of rotatable bonds is 4. The Labute approximate surface area is 115 Å². The van der Waals surface area contributed by atoms with E-state index in [0.717, 1.165) is 5.69 Å². The minimum absolute atomic E-state index is 0.143. The van der Waals surface area contributed by atoms with Crippen LogP contribution in [0.3, 0.4) is 0 Å². The van der Waals surface area contributed by atoms with Crippen LogP contribution in [0.5, 0.6) is 0 Å². The summed E-state index contributed by atoms with van der Waals surface area (Å²) in [6.45, 7) is 0.539. The molecule has 6 nitrogen and oxygen atoms in total. The van der Waals surface area contributed by atoms with E-state index in [0.29, 0.717) is 29.6 Å². The molecule has 0 unspecified atom stereocenters. The van der Waals surface area contributed by atoms with Crippen molar-refractivity contribution in [3.63, 3.8) is 0 Å². The number of nitrogens with one attached hydrogen (secondary N) is 2. The van der Waals surface area contributed by atoms with Gasteiger partial charge in [-0.05, 0) is 12.1 Å². The van der Waals surface area contributed by atoms with Gasteiger partial charge in [0.05, 0.1) is 17.4 Å². The molecular formula is C14H13N5O. The first-order valence-electron chi connectivity index (χ1n) is 6.30. The third-order valence-corrected chi connectivity index (χ3v) is 2.98. The normalized spacial score (nSPS) is 10.6. The van der Waals surface area contributed by atoms with Gasteiger partial charge in [0.1, 0.15) is 5.52 Å². The lowest BCUT2D eigenvalue weighted by molar-refractivity contribution is 0.0955. The van der Waals surface area contributed by atoms with Crippen LogP contribution >= 0.6 is 0 Å². The zero-order valence-electron chi connectivity index (χ0n) is 10.7. The van der Waals surface area contributed by atoms with E-state index < -0.39 is 0 Å². The summed E-state index contributed by atoms with van der Waals surface area (Å²) in [6, 6.07) is 5.40. The van der Waals surface area contributed by atoms with Crippen LogP contribution < -0.4 is 5.32 Å². The third-order valence-electron chi connectivity index (χ3n) is 2.98. The fraction of sp³-hybridized carbons (Fsp3) is 0.143. The molecule has 0 aliphatic carbocycles. The second-order valence-electron chi connectivity index (χ2n) is 4.31. The van der Waals surface area contributed by atoms with E-state index in [4.69, 9.17) is 0 Å². The van der Waals surface area contributed by atoms with E-state index in [1.165, 1.54) is 0 Å². The van der Waals surface area contributed by atoms with Gasteiger partial charge in [-0.25, -0.2) is 4.98 Å². The molecule has 0 saturated heterocycles. The maximum atomic E-state index is 12.2. The number of H-pyrrole nitrogens is 1. The largest absolute Gasteiger partial charge is 0.352 e. The quantitative estimate of drug-likeness (QED) is 0.747. The van der Waals surface area contributed by atoms with Gasteiger partial charge in [-0.15, -0.1) is 0 Å². The van der Waals surface area contributed by atoms with E-state index in [1.807, 2.05) is 6.07 Å². The van der Waals surface area contributed by atoms with Gasteiger partial charge < -0.3 is 10.3 Å². The van der Waals surface area contributed by atoms with Crippen molar-refractivity contribution in [2.75, 3.05) is 6.54 Å². The van der Waals surface area contributed by atoms with Crippen molar-refractivity contribution < 1.29 is 4.79 Å². The molecule has 0 saturated carbocycles. The van der Waals surface area contributed by atoms with Crippen LogP contribution in [0.2, 0.25) is 0 Å². The number of fused-ring (bicyclic) bond motifs is 1. The van der Waals surface area contributed by atoms with Crippen molar-refractivity contribution in [3.05, 3.63) is 54.4 Å². The number of aromatic amines is 1. The molecule has 2 heterocycles. The molecule has 1 aromatic carbocycles. The van der Waals surface area contributed by atoms with Gasteiger partial charge >= 0.3 is 0 Å². The summed E-state index contributed by atoms with van der Waals surface area (Å²) in [7, 11) is 0. The van der Waals surface area contributed by atoms with Crippen LogP contribution in [-0.2, 0) is 6.42 Å². The zero-order valence-corrected chi connectivity index (χ0v) is 10.7. The van der Waals surface area contributed by atoms with E-state index in [2.05, 4.69) is 25.3 Å². The number of aromatic nitrogens is 4. The maximum absolute atomic E-state index is 12.2. The van der Waals surface area contributed by atoms with Crippen molar-refractivity contribution in [1.29, 1.82) is 0 Å². The summed E-state index contributed by atoms with van der Waals surface area (Å²) in [5.41, 5.74) is 2.87. The maximum Gasteiger partial charge on any atom is 0.253 e. The van der Waals surface area contributed by atoms with Crippen molar-refractivity contribution in [3.8, 4) is 0 Å². The van der Waals surface area contributed by atoms with Gasteiger partial charge in [0.25, 0.3) is 5.91 Å². The zero-order chi connectivity index (χ0) is 13.8. The van der Waals surface area contributed by atoms with Crippen molar-refractivity contribution in [2.45, 2.75) is 6.42 Å². The number of hydrogen-bond donors (Lipinski definition) is 2. The SMILES string of the molecule is O=C(NCCc1cnc[nH]1)c1cccc2nccnc12. The Kier molecular flexibility index (Phi) is 3.36. The highest BCUT2D eigenvalue weighted by Gasteiger charge is 2.10. The second-order valence-corrected chi connectivity index (χ2v) is 4.31. The Hall–Kier alpha value is -2.76. The summed E-state index contributed by atoms with van der Waals surface area (Å²) in [4.78, 5) is 27.5. The molecule has 2 aromatic heterocycles. The Morgan fingerprint density at radius 2 is 2.15 bits per heavy atom. The molecule has 100 valence electrons. The fourth-order valence-corrected chi connectivity index (χ4v) is 2.00. The second kappa shape index (κ2) is 5.48. The molecule has 0 radical (unpaired) electrons. The molecule has 1 amide bonds. The van der Waals surface area contributed by atoms with Gasteiger partial charge in [-0.2, -0.15) is 0 Å². The number of para-hydroxylation sites is 1. The average Bonchev–Trinajstić information content (AvgIpc) is 3.00. The Morgan fingerprint density at radius 1 is 1.25 bits per heavy atom. The van der Waals surface area contributed by atoms with Crippen molar-refractivity contribution in [2.24, 2.45) is 0 Å². The number of amides is 1. The minimum atomic E-state index is -0.143. The molecule has 0 aliphatic heterocycles. The molecule has 2 N–H and O–H groups in total. The molecule has 3 aromatic rings. The van der Waals surface area contributed by atoms with Crippen molar-refractivity contribution in [1.82, 2.24) is 25.3 Å². The van der Waals surface area contributed by atoms with Crippen LogP contribution in [0.15, 0.2) is 43.1 Å². The summed E-state index contributed by atoms with van der Waals surface area (Å²) < 4.78 is 0. The Morgan fingerprint density at radius 3 is 3.00 bits per heavy atom.